The number of unbranched alkanes of at least 4 members (excludes halogenated alkanes) is 37. The van der Waals surface area contributed by atoms with Crippen LogP contribution in [0.1, 0.15) is 290 Å². The number of hydrogen-bond acceptors (Lipinski definition) is 9. The molecular weight excluding hydrogens is 900 g/mol. The summed E-state index contributed by atoms with van der Waals surface area (Å²) in [5.74, 6) is 0. The van der Waals surface area contributed by atoms with Crippen LogP contribution in [-0.4, -0.2) is 79.0 Å². The fourth-order valence-corrected chi connectivity index (χ4v) is 8.61. The number of aliphatic hydroxyl groups excluding tert-OH is 2. The minimum absolute atomic E-state index is 0.159. The zero-order valence-electron chi connectivity index (χ0n) is 46.5. The van der Waals surface area contributed by atoms with Crippen LogP contribution in [0.2, 0.25) is 0 Å². The molecule has 11 nitrogen and oxygen atoms in total. The first kappa shape index (κ1) is 73.6. The van der Waals surface area contributed by atoms with Crippen LogP contribution in [0.3, 0.4) is 0 Å². The lowest BCUT2D eigenvalue weighted by atomic mass is 10.1. The van der Waals surface area contributed by atoms with Gasteiger partial charge in [-0.15, -0.1) is 0 Å². The average molecular weight is 1020 g/mol. The molecule has 0 aromatic rings. The zero-order chi connectivity index (χ0) is 52.0. The number of phosphoric acid groups is 1. The van der Waals surface area contributed by atoms with Crippen molar-refractivity contribution in [3.05, 3.63) is 24.3 Å². The Hall–Kier alpha value is -0.690. The third-order valence-corrected chi connectivity index (χ3v) is 13.2. The molecule has 0 saturated carbocycles. The quantitative estimate of drug-likeness (QED) is 0.0149. The molecule has 0 heterocycles. The maximum atomic E-state index is 10.2. The summed E-state index contributed by atoms with van der Waals surface area (Å²) < 4.78 is 19.4. The van der Waals surface area contributed by atoms with E-state index in [1.54, 1.807) is 0 Å². The van der Waals surface area contributed by atoms with Gasteiger partial charge in [-0.1, -0.05) is 231 Å². The van der Waals surface area contributed by atoms with Gasteiger partial charge in [0.2, 0.25) is 12.6 Å². The maximum Gasteiger partial charge on any atom is 0.202 e. The number of aliphatic hydroxyl groups is 4. The minimum atomic E-state index is -4.83. The SMILES string of the molecule is CCCCCCCC/C=C\CCCCCCCCC[NH2+]CC(O)O.CCCCCCCC/C=C\CCCCCCCCC[NH2+]CC(O)O.CCCCCCCCCCCCCCOCCOP(=O)([O-])[O-]. The first-order valence-corrected chi connectivity index (χ1v) is 31.5. The minimum Gasteiger partial charge on any atom is -0.790 e. The molecule has 0 aromatic heterocycles. The van der Waals surface area contributed by atoms with Crippen LogP contribution >= 0.6 is 7.82 Å². The fraction of sp³-hybridized carbons (Fsp3) is 0.931. The monoisotopic (exact) mass is 1020 g/mol. The number of ether oxygens (including phenoxy) is 1. The molecule has 12 heteroatoms. The molecule has 0 spiro atoms. The van der Waals surface area contributed by atoms with E-state index in [9.17, 15) is 14.4 Å². The number of nitrogens with two attached hydrogens (primary N) is 2. The molecule has 0 aliphatic rings. The first-order valence-electron chi connectivity index (χ1n) is 30.0. The second-order valence-corrected chi connectivity index (χ2v) is 21.1. The van der Waals surface area contributed by atoms with Crippen LogP contribution in [0.4, 0.5) is 0 Å². The first-order chi connectivity index (χ1) is 34.1. The third kappa shape index (κ3) is 81.4. The van der Waals surface area contributed by atoms with E-state index in [0.717, 1.165) is 25.9 Å². The largest absolute Gasteiger partial charge is 0.790 e. The van der Waals surface area contributed by atoms with Crippen LogP contribution in [0.15, 0.2) is 24.3 Å². The van der Waals surface area contributed by atoms with Crippen molar-refractivity contribution in [2.45, 2.75) is 303 Å². The van der Waals surface area contributed by atoms with Crippen molar-refractivity contribution >= 4 is 7.82 Å². The zero-order valence-corrected chi connectivity index (χ0v) is 47.4. The van der Waals surface area contributed by atoms with Crippen molar-refractivity contribution in [3.63, 3.8) is 0 Å². The van der Waals surface area contributed by atoms with Gasteiger partial charge in [0.05, 0.1) is 34.1 Å². The Labute approximate surface area is 434 Å². The van der Waals surface area contributed by atoms with E-state index in [0.29, 0.717) is 19.7 Å². The molecule has 70 heavy (non-hydrogen) atoms. The van der Waals surface area contributed by atoms with Crippen molar-refractivity contribution in [2.24, 2.45) is 0 Å². The smallest absolute Gasteiger partial charge is 0.202 e. The Morgan fingerprint density at radius 2 is 0.629 bits per heavy atom. The summed E-state index contributed by atoms with van der Waals surface area (Å²) in [6, 6.07) is 0. The summed E-state index contributed by atoms with van der Waals surface area (Å²) in [7, 11) is -4.83. The van der Waals surface area contributed by atoms with Crippen molar-refractivity contribution in [1.29, 1.82) is 0 Å². The molecule has 0 atom stereocenters. The lowest BCUT2D eigenvalue weighted by Crippen LogP contribution is -2.86. The summed E-state index contributed by atoms with van der Waals surface area (Å²) in [6.07, 6.45) is 63.0. The summed E-state index contributed by atoms with van der Waals surface area (Å²) in [4.78, 5) is 20.3. The van der Waals surface area contributed by atoms with Gasteiger partial charge in [0.1, 0.15) is 13.1 Å². The summed E-state index contributed by atoms with van der Waals surface area (Å²) in [6.45, 7) is 10.2. The van der Waals surface area contributed by atoms with Crippen LogP contribution in [0, 0.1) is 0 Å². The van der Waals surface area contributed by atoms with E-state index < -0.39 is 20.4 Å². The molecule has 8 N–H and O–H groups in total. The molecule has 0 fully saturated rings. The van der Waals surface area contributed by atoms with E-state index in [1.165, 1.54) is 257 Å². The van der Waals surface area contributed by atoms with Crippen molar-refractivity contribution in [2.75, 3.05) is 46.0 Å². The second kappa shape index (κ2) is 66.3. The molecule has 0 aliphatic heterocycles. The van der Waals surface area contributed by atoms with Crippen molar-refractivity contribution < 1.29 is 54.7 Å². The van der Waals surface area contributed by atoms with E-state index in [4.69, 9.17) is 25.2 Å². The van der Waals surface area contributed by atoms with Crippen LogP contribution in [0.25, 0.3) is 0 Å². The average Bonchev–Trinajstić information content (AvgIpc) is 3.32. The van der Waals surface area contributed by atoms with E-state index in [2.05, 4.69) is 49.6 Å². The fourth-order valence-electron chi connectivity index (χ4n) is 8.31. The molecule has 0 amide bonds. The van der Waals surface area contributed by atoms with E-state index in [-0.39, 0.29) is 13.2 Å². The Kier molecular flexibility index (Phi) is 69.7. The molecule has 0 radical (unpaired) electrons. The number of phosphoric ester groups is 1. The molecule has 0 saturated heterocycles. The Balaban J connectivity index is -0.000000963. The second-order valence-electron chi connectivity index (χ2n) is 20.0. The van der Waals surface area contributed by atoms with Gasteiger partial charge in [-0.25, -0.2) is 0 Å². The predicted molar refractivity (Wildman–Crippen MR) is 293 cm³/mol. The maximum absolute atomic E-state index is 10.2. The normalized spacial score (nSPS) is 11.9. The molecule has 0 rings (SSSR count). The van der Waals surface area contributed by atoms with Gasteiger partial charge in [0.25, 0.3) is 0 Å². The molecule has 0 aromatic carbocycles. The molecule has 0 unspecified atom stereocenters. The number of hydrogen-bond donors (Lipinski definition) is 6. The standard InChI is InChI=1S/2C21H43NO2.C16H35O5P/c2*1-2-3-4-5-6-7-8-9-10-11-12-13-14-15-16-17-18-19-22-20-21(23)24;1-2-3-4-5-6-7-8-9-10-11-12-13-14-20-15-16-21-22(17,18)19/h2*9-10,21-24H,2-8,11-20H2,1H3;2-16H2,1H3,(H2,17,18,19)/b2*10-9-;. The molecule has 0 aliphatic carbocycles. The van der Waals surface area contributed by atoms with Gasteiger partial charge in [-0.3, -0.25) is 0 Å². The van der Waals surface area contributed by atoms with Crippen LogP contribution < -0.4 is 20.4 Å². The van der Waals surface area contributed by atoms with Gasteiger partial charge in [0.15, 0.2) is 0 Å². The van der Waals surface area contributed by atoms with Gasteiger partial charge in [-0.05, 0) is 83.5 Å². The van der Waals surface area contributed by atoms with Crippen LogP contribution in [-0.2, 0) is 13.8 Å². The lowest BCUT2D eigenvalue weighted by molar-refractivity contribution is -0.667. The Morgan fingerprint density at radius 3 is 0.900 bits per heavy atom. The van der Waals surface area contributed by atoms with Gasteiger partial charge in [0, 0.05) is 6.61 Å². The molecule has 422 valence electrons. The Morgan fingerprint density at radius 1 is 0.371 bits per heavy atom. The van der Waals surface area contributed by atoms with Crippen molar-refractivity contribution in [3.8, 4) is 0 Å². The van der Waals surface area contributed by atoms with Gasteiger partial charge in [-0.2, -0.15) is 0 Å². The van der Waals surface area contributed by atoms with Crippen molar-refractivity contribution in [1.82, 2.24) is 0 Å². The van der Waals surface area contributed by atoms with E-state index in [1.807, 2.05) is 10.6 Å². The third-order valence-electron chi connectivity index (χ3n) is 12.7. The highest BCUT2D eigenvalue weighted by atomic mass is 31.2. The Bertz CT molecular complexity index is 979. The van der Waals surface area contributed by atoms with Gasteiger partial charge < -0.3 is 54.7 Å². The van der Waals surface area contributed by atoms with Gasteiger partial charge >= 0.3 is 0 Å². The number of quaternary nitrogens is 2. The molecule has 0 bridgehead atoms. The lowest BCUT2D eigenvalue weighted by Gasteiger charge is -2.28. The number of allylic oxidation sites excluding steroid dienone is 4. The van der Waals surface area contributed by atoms with E-state index >= 15 is 0 Å². The summed E-state index contributed by atoms with van der Waals surface area (Å²) in [5, 5.41) is 38.8. The highest BCUT2D eigenvalue weighted by Gasteiger charge is 2.01. The highest BCUT2D eigenvalue weighted by Crippen LogP contribution is 2.23. The topological polar surface area (TPSA) is 196 Å². The highest BCUT2D eigenvalue weighted by molar-refractivity contribution is 7.43. The summed E-state index contributed by atoms with van der Waals surface area (Å²) in [5.41, 5.74) is 0. The number of rotatable bonds is 55. The van der Waals surface area contributed by atoms with Crippen LogP contribution in [0.5, 0.6) is 0 Å². The summed E-state index contributed by atoms with van der Waals surface area (Å²) >= 11 is 0. The molecular formula is C58H121N2O9P. The predicted octanol–water partition coefficient (Wildman–Crippen LogP) is 12.1.